The van der Waals surface area contributed by atoms with E-state index in [-0.39, 0.29) is 5.97 Å². The average molecular weight is 218 g/mol. The number of aryl methyl sites for hydroxylation is 1. The van der Waals surface area contributed by atoms with Gasteiger partial charge in [0.25, 0.3) is 0 Å². The molecule has 0 aliphatic rings. The number of para-hydroxylation sites is 1. The Morgan fingerprint density at radius 3 is 2.62 bits per heavy atom. The number of esters is 1. The fourth-order valence-corrected chi connectivity index (χ4v) is 1.34. The standard InChI is InChI=1S/C14H18O2/c1-4-11(3)10-14(15)16-13-9-7-6-8-12(13)5-2/h6-10H,4-5H2,1-3H3. The first-order chi connectivity index (χ1) is 7.67. The van der Waals surface area contributed by atoms with Gasteiger partial charge in [-0.05, 0) is 31.4 Å². The molecule has 0 saturated heterocycles. The number of benzene rings is 1. The number of carbonyl (C=O) groups excluding carboxylic acids is 1. The molecule has 0 amide bonds. The van der Waals surface area contributed by atoms with Gasteiger partial charge in [-0.15, -0.1) is 0 Å². The number of hydrogen-bond acceptors (Lipinski definition) is 2. The number of allylic oxidation sites excluding steroid dienone is 1. The zero-order valence-corrected chi connectivity index (χ0v) is 10.1. The molecule has 0 fully saturated rings. The Balaban J connectivity index is 2.77. The lowest BCUT2D eigenvalue weighted by atomic mass is 10.1. The van der Waals surface area contributed by atoms with Crippen LogP contribution in [0.5, 0.6) is 5.75 Å². The normalized spacial score (nSPS) is 11.3. The zero-order chi connectivity index (χ0) is 12.0. The van der Waals surface area contributed by atoms with Gasteiger partial charge in [-0.2, -0.15) is 0 Å². The van der Waals surface area contributed by atoms with Crippen molar-refractivity contribution in [3.8, 4) is 5.75 Å². The quantitative estimate of drug-likeness (QED) is 0.439. The van der Waals surface area contributed by atoms with Gasteiger partial charge in [0.05, 0.1) is 0 Å². The van der Waals surface area contributed by atoms with Gasteiger partial charge in [0.2, 0.25) is 0 Å². The topological polar surface area (TPSA) is 26.3 Å². The Labute approximate surface area is 96.9 Å². The number of ether oxygens (including phenoxy) is 1. The van der Waals surface area contributed by atoms with Crippen LogP contribution in [0.2, 0.25) is 0 Å². The van der Waals surface area contributed by atoms with Crippen molar-refractivity contribution in [2.75, 3.05) is 0 Å². The van der Waals surface area contributed by atoms with E-state index in [0.29, 0.717) is 5.75 Å². The lowest BCUT2D eigenvalue weighted by Gasteiger charge is -2.06. The minimum Gasteiger partial charge on any atom is -0.423 e. The third-order valence-electron chi connectivity index (χ3n) is 2.49. The minimum atomic E-state index is -0.291. The SMILES string of the molecule is CCC(C)=CC(=O)Oc1ccccc1CC. The van der Waals surface area contributed by atoms with Crippen LogP contribution >= 0.6 is 0 Å². The molecule has 0 unspecified atom stereocenters. The van der Waals surface area contributed by atoms with Gasteiger partial charge in [0.15, 0.2) is 0 Å². The molecule has 0 aliphatic heterocycles. The molecule has 1 aromatic rings. The van der Waals surface area contributed by atoms with Crippen LogP contribution in [0.1, 0.15) is 32.8 Å². The molecule has 2 nitrogen and oxygen atoms in total. The van der Waals surface area contributed by atoms with Crippen molar-refractivity contribution in [3.63, 3.8) is 0 Å². The Morgan fingerprint density at radius 2 is 2.00 bits per heavy atom. The molecule has 16 heavy (non-hydrogen) atoms. The van der Waals surface area contributed by atoms with E-state index in [0.717, 1.165) is 24.0 Å². The fourth-order valence-electron chi connectivity index (χ4n) is 1.34. The van der Waals surface area contributed by atoms with Gasteiger partial charge < -0.3 is 4.74 Å². The van der Waals surface area contributed by atoms with E-state index in [4.69, 9.17) is 4.74 Å². The molecule has 0 heterocycles. The van der Waals surface area contributed by atoms with Crippen molar-refractivity contribution in [2.24, 2.45) is 0 Å². The maximum atomic E-state index is 11.6. The van der Waals surface area contributed by atoms with E-state index in [2.05, 4.69) is 0 Å². The van der Waals surface area contributed by atoms with Crippen molar-refractivity contribution in [1.82, 2.24) is 0 Å². The fraction of sp³-hybridized carbons (Fsp3) is 0.357. The Hall–Kier alpha value is -1.57. The number of hydrogen-bond donors (Lipinski definition) is 0. The summed E-state index contributed by atoms with van der Waals surface area (Å²) in [4.78, 5) is 11.6. The minimum absolute atomic E-state index is 0.291. The lowest BCUT2D eigenvalue weighted by Crippen LogP contribution is -2.06. The summed E-state index contributed by atoms with van der Waals surface area (Å²) < 4.78 is 5.29. The van der Waals surface area contributed by atoms with Gasteiger partial charge >= 0.3 is 5.97 Å². The van der Waals surface area contributed by atoms with Crippen LogP contribution in [-0.2, 0) is 11.2 Å². The van der Waals surface area contributed by atoms with Crippen molar-refractivity contribution in [3.05, 3.63) is 41.5 Å². The predicted octanol–water partition coefficient (Wildman–Crippen LogP) is 3.51. The number of carbonyl (C=O) groups is 1. The second kappa shape index (κ2) is 6.11. The van der Waals surface area contributed by atoms with Crippen LogP contribution in [0, 0.1) is 0 Å². The van der Waals surface area contributed by atoms with Crippen molar-refractivity contribution >= 4 is 5.97 Å². The molecule has 86 valence electrons. The van der Waals surface area contributed by atoms with E-state index in [1.807, 2.05) is 45.0 Å². The predicted molar refractivity (Wildman–Crippen MR) is 65.5 cm³/mol. The first-order valence-corrected chi connectivity index (χ1v) is 5.64. The number of rotatable bonds is 4. The molecular weight excluding hydrogens is 200 g/mol. The summed E-state index contributed by atoms with van der Waals surface area (Å²) in [6.07, 6.45) is 3.27. The zero-order valence-electron chi connectivity index (χ0n) is 10.1. The van der Waals surface area contributed by atoms with Gasteiger partial charge in [0.1, 0.15) is 5.75 Å². The highest BCUT2D eigenvalue weighted by atomic mass is 16.5. The summed E-state index contributed by atoms with van der Waals surface area (Å²) in [5, 5.41) is 0. The van der Waals surface area contributed by atoms with Crippen LogP contribution in [0.15, 0.2) is 35.9 Å². The van der Waals surface area contributed by atoms with Crippen LogP contribution in [0.25, 0.3) is 0 Å². The molecule has 0 aromatic heterocycles. The van der Waals surface area contributed by atoms with E-state index in [1.54, 1.807) is 6.08 Å². The maximum absolute atomic E-state index is 11.6. The third kappa shape index (κ3) is 3.54. The maximum Gasteiger partial charge on any atom is 0.336 e. The summed E-state index contributed by atoms with van der Waals surface area (Å²) in [5.41, 5.74) is 2.08. The monoisotopic (exact) mass is 218 g/mol. The van der Waals surface area contributed by atoms with Crippen LogP contribution in [0.4, 0.5) is 0 Å². The molecule has 0 aliphatic carbocycles. The highest BCUT2D eigenvalue weighted by molar-refractivity contribution is 5.84. The molecule has 0 spiro atoms. The summed E-state index contributed by atoms with van der Waals surface area (Å²) in [5.74, 6) is 0.371. The molecule has 0 bridgehead atoms. The largest absolute Gasteiger partial charge is 0.423 e. The van der Waals surface area contributed by atoms with Gasteiger partial charge in [-0.3, -0.25) is 0 Å². The highest BCUT2D eigenvalue weighted by Crippen LogP contribution is 2.18. The summed E-state index contributed by atoms with van der Waals surface area (Å²) in [6.45, 7) is 5.98. The van der Waals surface area contributed by atoms with Crippen LogP contribution < -0.4 is 4.74 Å². The molecule has 1 aromatic carbocycles. The van der Waals surface area contributed by atoms with E-state index in [1.165, 1.54) is 0 Å². The van der Waals surface area contributed by atoms with E-state index >= 15 is 0 Å². The third-order valence-corrected chi connectivity index (χ3v) is 2.49. The molecule has 2 heteroatoms. The molecule has 0 N–H and O–H groups in total. The summed E-state index contributed by atoms with van der Waals surface area (Å²) in [6, 6.07) is 7.62. The molecule has 1 rings (SSSR count). The molecular formula is C14H18O2. The first kappa shape index (κ1) is 12.5. The van der Waals surface area contributed by atoms with Crippen LogP contribution in [0.3, 0.4) is 0 Å². The van der Waals surface area contributed by atoms with Crippen molar-refractivity contribution < 1.29 is 9.53 Å². The van der Waals surface area contributed by atoms with Gasteiger partial charge in [0, 0.05) is 6.08 Å². The molecule has 0 atom stereocenters. The van der Waals surface area contributed by atoms with Crippen LogP contribution in [-0.4, -0.2) is 5.97 Å². The summed E-state index contributed by atoms with van der Waals surface area (Å²) in [7, 11) is 0. The van der Waals surface area contributed by atoms with Gasteiger partial charge in [-0.1, -0.05) is 37.6 Å². The molecule has 0 saturated carbocycles. The van der Waals surface area contributed by atoms with Crippen molar-refractivity contribution in [2.45, 2.75) is 33.6 Å². The highest BCUT2D eigenvalue weighted by Gasteiger charge is 2.05. The Kier molecular flexibility index (Phi) is 4.77. The average Bonchev–Trinajstić information content (AvgIpc) is 2.29. The summed E-state index contributed by atoms with van der Waals surface area (Å²) >= 11 is 0. The molecule has 0 radical (unpaired) electrons. The Bertz CT molecular complexity index is 391. The second-order valence-electron chi connectivity index (χ2n) is 3.73. The lowest BCUT2D eigenvalue weighted by molar-refractivity contribution is -0.129. The van der Waals surface area contributed by atoms with Gasteiger partial charge in [-0.25, -0.2) is 4.79 Å². The smallest absolute Gasteiger partial charge is 0.336 e. The second-order valence-corrected chi connectivity index (χ2v) is 3.73. The Morgan fingerprint density at radius 1 is 1.31 bits per heavy atom. The van der Waals surface area contributed by atoms with E-state index < -0.39 is 0 Å². The van der Waals surface area contributed by atoms with E-state index in [9.17, 15) is 4.79 Å². The van der Waals surface area contributed by atoms with Crippen molar-refractivity contribution in [1.29, 1.82) is 0 Å². The first-order valence-electron chi connectivity index (χ1n) is 5.64.